The minimum absolute atomic E-state index is 0.572. The summed E-state index contributed by atoms with van der Waals surface area (Å²) in [7, 11) is 0. The van der Waals surface area contributed by atoms with Gasteiger partial charge in [0.2, 0.25) is 0 Å². The molecular weight excluding hydrogens is 343 g/mol. The fourth-order valence-corrected chi connectivity index (χ4v) is 3.00. The van der Waals surface area contributed by atoms with E-state index in [-0.39, 0.29) is 0 Å². The van der Waals surface area contributed by atoms with E-state index in [1.807, 2.05) is 29.7 Å². The number of rotatable bonds is 1. The third kappa shape index (κ3) is 2.70. The van der Waals surface area contributed by atoms with Crippen LogP contribution in [0.1, 0.15) is 11.1 Å². The van der Waals surface area contributed by atoms with Crippen LogP contribution in [0, 0.1) is 6.92 Å². The molecule has 1 nitrogen and oxygen atoms in total. The highest BCUT2D eigenvalue weighted by atomic mass is 79.9. The molecule has 3 aromatic rings. The van der Waals surface area contributed by atoms with Gasteiger partial charge in [-0.25, -0.2) is 0 Å². The molecule has 108 valence electrons. The summed E-state index contributed by atoms with van der Waals surface area (Å²) in [5.74, 6) is 0. The lowest BCUT2D eigenvalue weighted by atomic mass is 10.1. The Hall–Kier alpha value is -1.75. The number of fused-ring (bicyclic) bond motifs is 1. The van der Waals surface area contributed by atoms with Crippen molar-refractivity contribution in [3.63, 3.8) is 0 Å². The summed E-state index contributed by atoms with van der Waals surface area (Å²) in [5, 5.41) is 0.572. The largest absolute Gasteiger partial charge is 0.416 e. The summed E-state index contributed by atoms with van der Waals surface area (Å²) in [6, 6.07) is 11.4. The zero-order valence-electron chi connectivity index (χ0n) is 11.1. The first-order valence-corrected chi connectivity index (χ1v) is 7.10. The molecule has 5 heteroatoms. The van der Waals surface area contributed by atoms with E-state index >= 15 is 0 Å². The standard InChI is InChI=1S/C16H11BrF3N/c1-10-6-13(17)9-14(7-10)21-5-4-11-8-12(16(18,19)20)2-3-15(11)21/h2-9H,1H3. The Labute approximate surface area is 128 Å². The number of nitrogens with zero attached hydrogens (tertiary/aromatic N) is 1. The molecule has 3 rings (SSSR count). The molecule has 2 aromatic carbocycles. The Balaban J connectivity index is 2.17. The zero-order valence-corrected chi connectivity index (χ0v) is 12.7. The first-order valence-electron chi connectivity index (χ1n) is 6.30. The van der Waals surface area contributed by atoms with E-state index in [4.69, 9.17) is 0 Å². The molecule has 0 saturated carbocycles. The molecule has 0 unspecified atom stereocenters. The number of hydrogen-bond donors (Lipinski definition) is 0. The number of halogens is 4. The zero-order chi connectivity index (χ0) is 15.2. The van der Waals surface area contributed by atoms with Crippen LogP contribution in [0.2, 0.25) is 0 Å². The van der Waals surface area contributed by atoms with Gasteiger partial charge in [0.15, 0.2) is 0 Å². The van der Waals surface area contributed by atoms with Crippen LogP contribution in [0.25, 0.3) is 16.6 Å². The monoisotopic (exact) mass is 353 g/mol. The summed E-state index contributed by atoms with van der Waals surface area (Å²) in [6.07, 6.45) is -2.53. The van der Waals surface area contributed by atoms with Crippen LogP contribution in [0.3, 0.4) is 0 Å². The summed E-state index contributed by atoms with van der Waals surface area (Å²) < 4.78 is 41.0. The van der Waals surface area contributed by atoms with Crippen LogP contribution >= 0.6 is 15.9 Å². The van der Waals surface area contributed by atoms with E-state index in [2.05, 4.69) is 15.9 Å². The van der Waals surface area contributed by atoms with Gasteiger partial charge in [-0.15, -0.1) is 0 Å². The average molecular weight is 354 g/mol. The van der Waals surface area contributed by atoms with Crippen LogP contribution in [0.4, 0.5) is 13.2 Å². The van der Waals surface area contributed by atoms with Crippen LogP contribution in [-0.2, 0) is 6.18 Å². The van der Waals surface area contributed by atoms with Gasteiger partial charge in [0.25, 0.3) is 0 Å². The van der Waals surface area contributed by atoms with Gasteiger partial charge in [-0.1, -0.05) is 15.9 Å². The topological polar surface area (TPSA) is 4.93 Å². The molecule has 0 fully saturated rings. The van der Waals surface area contributed by atoms with Gasteiger partial charge in [-0.2, -0.15) is 13.2 Å². The highest BCUT2D eigenvalue weighted by molar-refractivity contribution is 9.10. The molecule has 0 atom stereocenters. The van der Waals surface area contributed by atoms with E-state index in [1.54, 1.807) is 12.3 Å². The fourth-order valence-electron chi connectivity index (χ4n) is 2.40. The molecule has 0 radical (unpaired) electrons. The van der Waals surface area contributed by atoms with Gasteiger partial charge in [0.05, 0.1) is 11.1 Å². The second-order valence-corrected chi connectivity index (χ2v) is 5.86. The number of hydrogen-bond acceptors (Lipinski definition) is 0. The van der Waals surface area contributed by atoms with Crippen molar-refractivity contribution in [3.05, 3.63) is 64.3 Å². The maximum absolute atomic E-state index is 12.7. The molecule has 0 spiro atoms. The SMILES string of the molecule is Cc1cc(Br)cc(-n2ccc3cc(C(F)(F)F)ccc32)c1. The van der Waals surface area contributed by atoms with E-state index in [1.165, 1.54) is 12.1 Å². The van der Waals surface area contributed by atoms with Crippen molar-refractivity contribution < 1.29 is 13.2 Å². The van der Waals surface area contributed by atoms with Gasteiger partial charge >= 0.3 is 6.18 Å². The lowest BCUT2D eigenvalue weighted by Crippen LogP contribution is -2.04. The van der Waals surface area contributed by atoms with Crippen molar-refractivity contribution in [2.24, 2.45) is 0 Å². The molecule has 0 aliphatic carbocycles. The van der Waals surface area contributed by atoms with E-state index in [9.17, 15) is 13.2 Å². The van der Waals surface area contributed by atoms with Crippen molar-refractivity contribution in [2.45, 2.75) is 13.1 Å². The Morgan fingerprint density at radius 3 is 2.43 bits per heavy atom. The highest BCUT2D eigenvalue weighted by Crippen LogP contribution is 2.32. The van der Waals surface area contributed by atoms with Crippen molar-refractivity contribution >= 4 is 26.8 Å². The second kappa shape index (κ2) is 4.91. The average Bonchev–Trinajstić information content (AvgIpc) is 2.79. The molecule has 0 amide bonds. The minimum Gasteiger partial charge on any atom is -0.317 e. The summed E-state index contributed by atoms with van der Waals surface area (Å²) in [5.41, 5.74) is 2.11. The van der Waals surface area contributed by atoms with Gasteiger partial charge in [0.1, 0.15) is 0 Å². The number of aryl methyl sites for hydroxylation is 1. The van der Waals surface area contributed by atoms with Crippen LogP contribution < -0.4 is 0 Å². The lowest BCUT2D eigenvalue weighted by molar-refractivity contribution is -0.137. The molecule has 0 saturated heterocycles. The van der Waals surface area contributed by atoms with Crippen LogP contribution in [-0.4, -0.2) is 4.57 Å². The van der Waals surface area contributed by atoms with Gasteiger partial charge in [-0.05, 0) is 55.0 Å². The van der Waals surface area contributed by atoms with Crippen molar-refractivity contribution in [3.8, 4) is 5.69 Å². The molecule has 1 heterocycles. The van der Waals surface area contributed by atoms with E-state index < -0.39 is 11.7 Å². The Morgan fingerprint density at radius 1 is 1.00 bits per heavy atom. The van der Waals surface area contributed by atoms with Crippen molar-refractivity contribution in [1.29, 1.82) is 0 Å². The van der Waals surface area contributed by atoms with Crippen molar-refractivity contribution in [1.82, 2.24) is 4.57 Å². The predicted octanol–water partition coefficient (Wildman–Crippen LogP) is 5.72. The summed E-state index contributed by atoms with van der Waals surface area (Å²) >= 11 is 3.44. The van der Waals surface area contributed by atoms with Crippen LogP contribution in [0.15, 0.2) is 53.1 Å². The van der Waals surface area contributed by atoms with Crippen molar-refractivity contribution in [2.75, 3.05) is 0 Å². The van der Waals surface area contributed by atoms with Gasteiger partial charge in [0, 0.05) is 21.7 Å². The minimum atomic E-state index is -4.32. The summed E-state index contributed by atoms with van der Waals surface area (Å²) in [6.45, 7) is 1.97. The van der Waals surface area contributed by atoms with Crippen LogP contribution in [0.5, 0.6) is 0 Å². The Kier molecular flexibility index (Phi) is 3.32. The molecule has 0 bridgehead atoms. The molecule has 21 heavy (non-hydrogen) atoms. The molecule has 0 aliphatic heterocycles. The smallest absolute Gasteiger partial charge is 0.317 e. The third-order valence-corrected chi connectivity index (χ3v) is 3.78. The normalized spacial score (nSPS) is 12.0. The lowest BCUT2D eigenvalue weighted by Gasteiger charge is -2.09. The quantitative estimate of drug-likeness (QED) is 0.527. The maximum atomic E-state index is 12.7. The molecule has 1 aromatic heterocycles. The fraction of sp³-hybridized carbons (Fsp3) is 0.125. The number of aromatic nitrogens is 1. The maximum Gasteiger partial charge on any atom is 0.416 e. The summed E-state index contributed by atoms with van der Waals surface area (Å²) in [4.78, 5) is 0. The van der Waals surface area contributed by atoms with E-state index in [0.29, 0.717) is 5.39 Å². The molecule has 0 N–H and O–H groups in total. The Bertz CT molecular complexity index is 798. The first-order chi connectivity index (χ1) is 9.84. The predicted molar refractivity (Wildman–Crippen MR) is 80.7 cm³/mol. The van der Waals surface area contributed by atoms with E-state index in [0.717, 1.165) is 27.3 Å². The second-order valence-electron chi connectivity index (χ2n) is 4.94. The highest BCUT2D eigenvalue weighted by Gasteiger charge is 2.30. The van der Waals surface area contributed by atoms with Gasteiger partial charge < -0.3 is 4.57 Å². The molecule has 0 aliphatic rings. The third-order valence-electron chi connectivity index (χ3n) is 3.32. The number of alkyl halides is 3. The molecular formula is C16H11BrF3N. The Morgan fingerprint density at radius 2 is 1.76 bits per heavy atom. The first kappa shape index (κ1) is 14.2. The number of benzene rings is 2. The van der Waals surface area contributed by atoms with Gasteiger partial charge in [-0.3, -0.25) is 0 Å².